The molecule has 0 aliphatic heterocycles. The lowest BCUT2D eigenvalue weighted by molar-refractivity contribution is 0.643. The van der Waals surface area contributed by atoms with Crippen molar-refractivity contribution in [2.75, 3.05) is 0 Å². The van der Waals surface area contributed by atoms with Crippen LogP contribution in [-0.2, 0) is 13.6 Å². The van der Waals surface area contributed by atoms with E-state index in [1.54, 1.807) is 17.9 Å². The summed E-state index contributed by atoms with van der Waals surface area (Å²) < 4.78 is 3.14. The predicted molar refractivity (Wildman–Crippen MR) is 60.5 cm³/mol. The van der Waals surface area contributed by atoms with E-state index in [4.69, 9.17) is 0 Å². The van der Waals surface area contributed by atoms with Gasteiger partial charge in [0.2, 0.25) is 0 Å². The molecule has 16 heavy (non-hydrogen) atoms. The average Bonchev–Trinajstić information content (AvgIpc) is 2.67. The lowest BCUT2D eigenvalue weighted by Gasteiger charge is -2.02. The van der Waals surface area contributed by atoms with Gasteiger partial charge < -0.3 is 4.57 Å². The Hall–Kier alpha value is -1.85. The number of nitrogens with zero attached hydrogens (tertiary/aromatic N) is 3. The molecule has 2 heterocycles. The molecule has 0 radical (unpaired) electrons. The number of unbranched alkanes of at least 4 members (excludes halogenated alkanes) is 1. The van der Waals surface area contributed by atoms with Crippen molar-refractivity contribution >= 4 is 11.2 Å². The van der Waals surface area contributed by atoms with Gasteiger partial charge in [0.25, 0.3) is 5.56 Å². The Bertz CT molecular complexity index is 620. The second kappa shape index (κ2) is 3.96. The van der Waals surface area contributed by atoms with Crippen LogP contribution in [0.4, 0.5) is 0 Å². The molecule has 86 valence electrons. The lowest BCUT2D eigenvalue weighted by atomic mass is 10.3. The summed E-state index contributed by atoms with van der Waals surface area (Å²) in [7, 11) is 1.60. The minimum absolute atomic E-state index is 0.369. The first-order valence-corrected chi connectivity index (χ1v) is 5.29. The van der Waals surface area contributed by atoms with Crippen LogP contribution in [-0.4, -0.2) is 19.1 Å². The van der Waals surface area contributed by atoms with E-state index in [2.05, 4.69) is 16.9 Å². The van der Waals surface area contributed by atoms with Crippen LogP contribution < -0.4 is 11.2 Å². The molecule has 0 unspecified atom stereocenters. The third-order valence-electron chi connectivity index (χ3n) is 2.63. The van der Waals surface area contributed by atoms with Crippen LogP contribution in [0.15, 0.2) is 15.9 Å². The number of aromatic amines is 1. The van der Waals surface area contributed by atoms with Crippen LogP contribution in [0.25, 0.3) is 11.2 Å². The summed E-state index contributed by atoms with van der Waals surface area (Å²) in [4.78, 5) is 29.4. The molecular weight excluding hydrogens is 208 g/mol. The first kappa shape index (κ1) is 10.7. The molecule has 0 saturated carbocycles. The van der Waals surface area contributed by atoms with E-state index in [9.17, 15) is 9.59 Å². The van der Waals surface area contributed by atoms with Crippen LogP contribution in [0, 0.1) is 0 Å². The Morgan fingerprint density at radius 2 is 2.19 bits per heavy atom. The van der Waals surface area contributed by atoms with Gasteiger partial charge in [-0.05, 0) is 6.42 Å². The molecule has 0 saturated heterocycles. The number of imidazole rings is 1. The maximum Gasteiger partial charge on any atom is 0.329 e. The number of nitrogens with one attached hydrogen (secondary N) is 1. The van der Waals surface area contributed by atoms with Crippen molar-refractivity contribution < 1.29 is 0 Å². The fraction of sp³-hybridized carbons (Fsp3) is 0.500. The molecule has 0 spiro atoms. The van der Waals surface area contributed by atoms with Crippen molar-refractivity contribution in [2.24, 2.45) is 7.05 Å². The molecule has 1 N–H and O–H groups in total. The van der Waals surface area contributed by atoms with E-state index in [-0.39, 0.29) is 5.56 Å². The molecule has 6 heteroatoms. The Kier molecular flexibility index (Phi) is 2.64. The van der Waals surface area contributed by atoms with Crippen molar-refractivity contribution in [3.63, 3.8) is 0 Å². The number of aromatic nitrogens is 4. The molecule has 0 atom stereocenters. The zero-order valence-corrected chi connectivity index (χ0v) is 9.36. The van der Waals surface area contributed by atoms with Gasteiger partial charge in [-0.2, -0.15) is 0 Å². The number of aryl methyl sites for hydroxylation is 2. The summed E-state index contributed by atoms with van der Waals surface area (Å²) in [6.45, 7) is 2.83. The third kappa shape index (κ3) is 1.56. The zero-order chi connectivity index (χ0) is 11.7. The van der Waals surface area contributed by atoms with E-state index in [0.717, 1.165) is 19.4 Å². The molecule has 0 fully saturated rings. The van der Waals surface area contributed by atoms with E-state index in [1.165, 1.54) is 4.57 Å². The first-order chi connectivity index (χ1) is 7.65. The van der Waals surface area contributed by atoms with Gasteiger partial charge in [0.15, 0.2) is 11.2 Å². The second-order valence-corrected chi connectivity index (χ2v) is 3.78. The highest BCUT2D eigenvalue weighted by atomic mass is 16.2. The zero-order valence-electron chi connectivity index (χ0n) is 9.36. The summed E-state index contributed by atoms with van der Waals surface area (Å²) in [6.07, 6.45) is 3.63. The lowest BCUT2D eigenvalue weighted by Crippen LogP contribution is -2.29. The molecule has 0 aliphatic carbocycles. The molecule has 6 nitrogen and oxygen atoms in total. The fourth-order valence-electron chi connectivity index (χ4n) is 1.68. The molecule has 0 bridgehead atoms. The molecule has 2 aromatic heterocycles. The number of hydrogen-bond donors (Lipinski definition) is 1. The SMILES string of the molecule is CCCCn1cnc2c1c(=O)[nH]c(=O)n2C. The predicted octanol–water partition coefficient (Wildman–Crippen LogP) is 0.223. The molecule has 0 aliphatic rings. The topological polar surface area (TPSA) is 72.7 Å². The molecule has 2 aromatic rings. The van der Waals surface area contributed by atoms with Crippen LogP contribution in [0.1, 0.15) is 19.8 Å². The summed E-state index contributed by atoms with van der Waals surface area (Å²) in [6, 6.07) is 0. The Labute approximate surface area is 91.5 Å². The number of H-pyrrole nitrogens is 1. The van der Waals surface area contributed by atoms with Crippen LogP contribution in [0.2, 0.25) is 0 Å². The van der Waals surface area contributed by atoms with E-state index in [1.807, 2.05) is 0 Å². The van der Waals surface area contributed by atoms with Gasteiger partial charge >= 0.3 is 5.69 Å². The van der Waals surface area contributed by atoms with E-state index < -0.39 is 5.69 Å². The van der Waals surface area contributed by atoms with Crippen molar-refractivity contribution in [1.82, 2.24) is 19.1 Å². The van der Waals surface area contributed by atoms with Gasteiger partial charge in [0.1, 0.15) is 0 Å². The first-order valence-electron chi connectivity index (χ1n) is 5.29. The van der Waals surface area contributed by atoms with Crippen molar-refractivity contribution in [3.05, 3.63) is 27.2 Å². The Balaban J connectivity index is 2.68. The largest absolute Gasteiger partial charge is 0.329 e. The maximum atomic E-state index is 11.7. The minimum atomic E-state index is -0.432. The highest BCUT2D eigenvalue weighted by molar-refractivity contribution is 5.69. The summed E-state index contributed by atoms with van der Waals surface area (Å²) in [5.41, 5.74) is 0.102. The third-order valence-corrected chi connectivity index (χ3v) is 2.63. The molecule has 0 aromatic carbocycles. The molecule has 0 amide bonds. The number of rotatable bonds is 3. The van der Waals surface area contributed by atoms with E-state index >= 15 is 0 Å². The quantitative estimate of drug-likeness (QED) is 0.807. The average molecular weight is 222 g/mol. The number of fused-ring (bicyclic) bond motifs is 1. The monoisotopic (exact) mass is 222 g/mol. The molecule has 2 rings (SSSR count). The van der Waals surface area contributed by atoms with Gasteiger partial charge in [0.05, 0.1) is 6.33 Å². The van der Waals surface area contributed by atoms with Crippen LogP contribution in [0.3, 0.4) is 0 Å². The summed E-state index contributed by atoms with van der Waals surface area (Å²) in [5.74, 6) is 0. The fourth-order valence-corrected chi connectivity index (χ4v) is 1.68. The highest BCUT2D eigenvalue weighted by Crippen LogP contribution is 2.06. The maximum absolute atomic E-state index is 11.7. The molecular formula is C10H14N4O2. The van der Waals surface area contributed by atoms with Gasteiger partial charge in [-0.3, -0.25) is 14.3 Å². The second-order valence-electron chi connectivity index (χ2n) is 3.78. The smallest absolute Gasteiger partial charge is 0.325 e. The minimum Gasteiger partial charge on any atom is -0.325 e. The number of hydrogen-bond acceptors (Lipinski definition) is 3. The van der Waals surface area contributed by atoms with Crippen molar-refractivity contribution in [1.29, 1.82) is 0 Å². The normalized spacial score (nSPS) is 11.1. The van der Waals surface area contributed by atoms with Crippen LogP contribution >= 0.6 is 0 Å². The van der Waals surface area contributed by atoms with Crippen LogP contribution in [0.5, 0.6) is 0 Å². The van der Waals surface area contributed by atoms with Gasteiger partial charge in [-0.1, -0.05) is 13.3 Å². The highest BCUT2D eigenvalue weighted by Gasteiger charge is 2.10. The van der Waals surface area contributed by atoms with E-state index in [0.29, 0.717) is 11.2 Å². The van der Waals surface area contributed by atoms with Gasteiger partial charge in [-0.15, -0.1) is 0 Å². The standard InChI is InChI=1S/C10H14N4O2/c1-3-4-5-14-6-11-8-7(14)9(15)12-10(16)13(8)2/h6H,3-5H2,1-2H3,(H,12,15,16). The Morgan fingerprint density at radius 3 is 2.88 bits per heavy atom. The van der Waals surface area contributed by atoms with Crippen molar-refractivity contribution in [3.8, 4) is 0 Å². The van der Waals surface area contributed by atoms with Gasteiger partial charge in [0, 0.05) is 13.6 Å². The summed E-state index contributed by atoms with van der Waals surface area (Å²) in [5, 5.41) is 0. The Morgan fingerprint density at radius 1 is 1.44 bits per heavy atom. The van der Waals surface area contributed by atoms with Gasteiger partial charge in [-0.25, -0.2) is 9.78 Å². The van der Waals surface area contributed by atoms with Crippen molar-refractivity contribution in [2.45, 2.75) is 26.3 Å². The summed E-state index contributed by atoms with van der Waals surface area (Å²) >= 11 is 0.